The fourth-order valence-corrected chi connectivity index (χ4v) is 2.32. The number of anilines is 1. The van der Waals surface area contributed by atoms with Crippen molar-refractivity contribution in [3.63, 3.8) is 0 Å². The van der Waals surface area contributed by atoms with E-state index in [4.69, 9.17) is 5.73 Å². The van der Waals surface area contributed by atoms with Crippen LogP contribution in [0.3, 0.4) is 0 Å². The Morgan fingerprint density at radius 3 is 2.47 bits per heavy atom. The first-order valence-corrected chi connectivity index (χ1v) is 5.75. The standard InChI is InChI=1S/C14H19N/c1-10-8-9-11(2)14(15)13(10)12-6-4-3-5-7-12/h6,8-9H,3-5,7,15H2,1-2H3. The fourth-order valence-electron chi connectivity index (χ4n) is 2.32. The van der Waals surface area contributed by atoms with E-state index >= 15 is 0 Å². The van der Waals surface area contributed by atoms with Gasteiger partial charge in [-0.2, -0.15) is 0 Å². The van der Waals surface area contributed by atoms with Gasteiger partial charge in [0.05, 0.1) is 0 Å². The molecule has 1 aliphatic rings. The number of hydrogen-bond donors (Lipinski definition) is 1. The van der Waals surface area contributed by atoms with Crippen molar-refractivity contribution in [2.24, 2.45) is 0 Å². The van der Waals surface area contributed by atoms with Crippen LogP contribution in [-0.4, -0.2) is 0 Å². The second-order valence-electron chi connectivity index (χ2n) is 4.46. The monoisotopic (exact) mass is 201 g/mol. The summed E-state index contributed by atoms with van der Waals surface area (Å²) in [5, 5.41) is 0. The van der Waals surface area contributed by atoms with Crippen LogP contribution in [0.15, 0.2) is 18.2 Å². The van der Waals surface area contributed by atoms with E-state index in [1.807, 2.05) is 0 Å². The minimum absolute atomic E-state index is 0.975. The summed E-state index contributed by atoms with van der Waals surface area (Å²) < 4.78 is 0. The van der Waals surface area contributed by atoms with Crippen LogP contribution < -0.4 is 5.73 Å². The predicted molar refractivity (Wildman–Crippen MR) is 66.8 cm³/mol. The number of aryl methyl sites for hydroxylation is 2. The molecule has 0 aliphatic heterocycles. The van der Waals surface area contributed by atoms with E-state index in [1.54, 1.807) is 0 Å². The van der Waals surface area contributed by atoms with E-state index in [-0.39, 0.29) is 0 Å². The molecule has 1 aromatic rings. The highest BCUT2D eigenvalue weighted by Gasteiger charge is 2.12. The van der Waals surface area contributed by atoms with Crippen LogP contribution in [0.1, 0.15) is 42.4 Å². The minimum Gasteiger partial charge on any atom is -0.398 e. The van der Waals surface area contributed by atoms with Crippen LogP contribution in [-0.2, 0) is 0 Å². The second kappa shape index (κ2) is 4.09. The Morgan fingerprint density at radius 2 is 1.80 bits per heavy atom. The van der Waals surface area contributed by atoms with Crippen LogP contribution in [0.5, 0.6) is 0 Å². The van der Waals surface area contributed by atoms with E-state index < -0.39 is 0 Å². The normalized spacial score (nSPS) is 16.3. The van der Waals surface area contributed by atoms with Crippen molar-refractivity contribution in [2.45, 2.75) is 39.5 Å². The molecule has 1 heteroatoms. The maximum Gasteiger partial charge on any atom is 0.0422 e. The van der Waals surface area contributed by atoms with Gasteiger partial charge in [-0.15, -0.1) is 0 Å². The van der Waals surface area contributed by atoms with Gasteiger partial charge >= 0.3 is 0 Å². The average molecular weight is 201 g/mol. The van der Waals surface area contributed by atoms with Gasteiger partial charge in [0.1, 0.15) is 0 Å². The van der Waals surface area contributed by atoms with E-state index in [2.05, 4.69) is 32.1 Å². The lowest BCUT2D eigenvalue weighted by Gasteiger charge is -2.18. The number of rotatable bonds is 1. The van der Waals surface area contributed by atoms with Gasteiger partial charge < -0.3 is 5.73 Å². The molecule has 1 aliphatic carbocycles. The second-order valence-corrected chi connectivity index (χ2v) is 4.46. The first-order chi connectivity index (χ1) is 7.20. The highest BCUT2D eigenvalue weighted by molar-refractivity contribution is 5.79. The first kappa shape index (κ1) is 10.3. The molecule has 0 heterocycles. The van der Waals surface area contributed by atoms with E-state index in [0.717, 1.165) is 5.69 Å². The van der Waals surface area contributed by atoms with Gasteiger partial charge in [0.2, 0.25) is 0 Å². The minimum atomic E-state index is 0.975. The van der Waals surface area contributed by atoms with E-state index in [0.29, 0.717) is 0 Å². The third-order valence-corrected chi connectivity index (χ3v) is 3.28. The SMILES string of the molecule is Cc1ccc(C)c(C2=CCCCC2)c1N. The molecule has 0 saturated heterocycles. The summed E-state index contributed by atoms with van der Waals surface area (Å²) >= 11 is 0. The van der Waals surface area contributed by atoms with Crippen LogP contribution in [0.2, 0.25) is 0 Å². The summed E-state index contributed by atoms with van der Waals surface area (Å²) in [6.07, 6.45) is 7.39. The van der Waals surface area contributed by atoms with E-state index in [9.17, 15) is 0 Å². The molecule has 0 fully saturated rings. The molecule has 2 N–H and O–H groups in total. The molecule has 0 saturated carbocycles. The van der Waals surface area contributed by atoms with Crippen LogP contribution >= 0.6 is 0 Å². The molecule has 1 aromatic carbocycles. The zero-order valence-electron chi connectivity index (χ0n) is 9.64. The Hall–Kier alpha value is -1.24. The van der Waals surface area contributed by atoms with Crippen molar-refractivity contribution < 1.29 is 0 Å². The molecular formula is C14H19N. The highest BCUT2D eigenvalue weighted by atomic mass is 14.6. The Balaban J connectivity index is 2.50. The van der Waals surface area contributed by atoms with Gasteiger partial charge in [0, 0.05) is 11.3 Å². The molecule has 0 unspecified atom stereocenters. The summed E-state index contributed by atoms with van der Waals surface area (Å²) in [5.74, 6) is 0. The summed E-state index contributed by atoms with van der Waals surface area (Å²) in [5.41, 5.74) is 12.4. The summed E-state index contributed by atoms with van der Waals surface area (Å²) in [4.78, 5) is 0. The highest BCUT2D eigenvalue weighted by Crippen LogP contribution is 2.34. The van der Waals surface area contributed by atoms with Crippen molar-refractivity contribution in [1.82, 2.24) is 0 Å². The number of nitrogens with two attached hydrogens (primary N) is 1. The lowest BCUT2D eigenvalue weighted by Crippen LogP contribution is -2.01. The largest absolute Gasteiger partial charge is 0.398 e. The molecule has 1 nitrogen and oxygen atoms in total. The zero-order valence-corrected chi connectivity index (χ0v) is 9.64. The van der Waals surface area contributed by atoms with Crippen molar-refractivity contribution in [1.29, 1.82) is 0 Å². The molecule has 0 spiro atoms. The maximum absolute atomic E-state index is 6.17. The van der Waals surface area contributed by atoms with Gasteiger partial charge in [-0.25, -0.2) is 0 Å². The predicted octanol–water partition coefficient (Wildman–Crippen LogP) is 3.84. The van der Waals surface area contributed by atoms with Gasteiger partial charge in [0.15, 0.2) is 0 Å². The van der Waals surface area contributed by atoms with Gasteiger partial charge in [-0.1, -0.05) is 18.2 Å². The number of allylic oxidation sites excluding steroid dienone is 2. The lowest BCUT2D eigenvalue weighted by atomic mass is 9.89. The molecule has 0 bridgehead atoms. The Kier molecular flexibility index (Phi) is 2.81. The van der Waals surface area contributed by atoms with Crippen LogP contribution in [0.25, 0.3) is 5.57 Å². The summed E-state index contributed by atoms with van der Waals surface area (Å²) in [6.45, 7) is 4.24. The van der Waals surface area contributed by atoms with Crippen LogP contribution in [0.4, 0.5) is 5.69 Å². The topological polar surface area (TPSA) is 26.0 Å². The van der Waals surface area contributed by atoms with Gasteiger partial charge in [-0.05, 0) is 56.2 Å². The number of hydrogen-bond acceptors (Lipinski definition) is 1. The molecule has 80 valence electrons. The smallest absolute Gasteiger partial charge is 0.0422 e. The zero-order chi connectivity index (χ0) is 10.8. The van der Waals surface area contributed by atoms with Crippen LogP contribution in [0, 0.1) is 13.8 Å². The van der Waals surface area contributed by atoms with Crippen molar-refractivity contribution in [3.05, 3.63) is 34.9 Å². The third kappa shape index (κ3) is 1.92. The number of nitrogen functional groups attached to an aromatic ring is 1. The quantitative estimate of drug-likeness (QED) is 0.686. The fraction of sp³-hybridized carbons (Fsp3) is 0.429. The van der Waals surface area contributed by atoms with Crippen molar-refractivity contribution in [2.75, 3.05) is 5.73 Å². The summed E-state index contributed by atoms with van der Waals surface area (Å²) in [6, 6.07) is 4.29. The molecule has 15 heavy (non-hydrogen) atoms. The molecule has 0 atom stereocenters. The number of benzene rings is 1. The average Bonchev–Trinajstić information content (AvgIpc) is 2.26. The van der Waals surface area contributed by atoms with Crippen molar-refractivity contribution in [3.8, 4) is 0 Å². The third-order valence-electron chi connectivity index (χ3n) is 3.28. The maximum atomic E-state index is 6.17. The molecule has 2 rings (SSSR count). The Morgan fingerprint density at radius 1 is 1.07 bits per heavy atom. The van der Waals surface area contributed by atoms with Gasteiger partial charge in [-0.3, -0.25) is 0 Å². The Bertz CT molecular complexity index is 402. The molecule has 0 amide bonds. The lowest BCUT2D eigenvalue weighted by molar-refractivity contribution is 0.742. The molecule has 0 radical (unpaired) electrons. The first-order valence-electron chi connectivity index (χ1n) is 5.75. The van der Waals surface area contributed by atoms with Crippen molar-refractivity contribution >= 4 is 11.3 Å². The molecular weight excluding hydrogens is 182 g/mol. The van der Waals surface area contributed by atoms with Gasteiger partial charge in [0.25, 0.3) is 0 Å². The Labute approximate surface area is 92.0 Å². The van der Waals surface area contributed by atoms with E-state index in [1.165, 1.54) is 47.9 Å². The molecule has 0 aromatic heterocycles. The summed E-state index contributed by atoms with van der Waals surface area (Å²) in [7, 11) is 0.